The summed E-state index contributed by atoms with van der Waals surface area (Å²) in [5, 5.41) is 10.9. The summed E-state index contributed by atoms with van der Waals surface area (Å²) in [7, 11) is 0. The van der Waals surface area contributed by atoms with Crippen LogP contribution in [0, 0.1) is 12.7 Å². The molecule has 2 aromatic heterocycles. The van der Waals surface area contributed by atoms with Crippen molar-refractivity contribution < 1.29 is 28.6 Å². The summed E-state index contributed by atoms with van der Waals surface area (Å²) in [5.74, 6) is -2.10. The van der Waals surface area contributed by atoms with Gasteiger partial charge in [-0.2, -0.15) is 12.6 Å². The highest BCUT2D eigenvalue weighted by Gasteiger charge is 2.46. The average Bonchev–Trinajstić information content (AvgIpc) is 3.36. The smallest absolute Gasteiger partial charge is 0.343 e. The molecule has 0 aliphatic carbocycles. The highest BCUT2D eigenvalue weighted by Crippen LogP contribution is 2.43. The zero-order chi connectivity index (χ0) is 27.3. The molecule has 1 N–H and O–H groups in total. The number of rotatable bonds is 3. The van der Waals surface area contributed by atoms with Gasteiger partial charge in [0.1, 0.15) is 12.4 Å². The molecule has 3 aliphatic heterocycles. The van der Waals surface area contributed by atoms with Crippen molar-refractivity contribution in [2.45, 2.75) is 63.7 Å². The normalized spacial score (nSPS) is 22.9. The molecule has 0 spiro atoms. The highest BCUT2D eigenvalue weighted by molar-refractivity contribution is 7.81. The van der Waals surface area contributed by atoms with Crippen LogP contribution in [-0.2, 0) is 37.9 Å². The second kappa shape index (κ2) is 8.21. The Balaban J connectivity index is 1.65. The van der Waals surface area contributed by atoms with E-state index in [2.05, 4.69) is 12.6 Å². The summed E-state index contributed by atoms with van der Waals surface area (Å²) in [6.45, 7) is 4.76. The standard InChI is InChI=1S/C27H24FN3O6S/c1-4-27(36)16-6-19-23-14(9-30(19)24(33)15(16)10-37-26(27)35)22(12(3)31-21(32)8-20(38)25(31)34)13-5-11(2)17(28)7-18(13)29-23/h5-7,12,20,36,38H,4,8-10H2,1-3H3/t12-,20?,27+/m1/s1. The number of aliphatic hydroxyl groups is 1. The molecule has 1 fully saturated rings. The molecule has 2 amide bonds. The first-order valence-electron chi connectivity index (χ1n) is 12.3. The second-order valence-corrected chi connectivity index (χ2v) is 10.7. The van der Waals surface area contributed by atoms with Crippen molar-refractivity contribution in [1.82, 2.24) is 14.5 Å². The number of pyridine rings is 2. The number of amides is 2. The number of hydrogen-bond acceptors (Lipinski definition) is 8. The lowest BCUT2D eigenvalue weighted by Gasteiger charge is -2.31. The zero-order valence-electron chi connectivity index (χ0n) is 20.9. The molecule has 5 heterocycles. The largest absolute Gasteiger partial charge is 0.458 e. The summed E-state index contributed by atoms with van der Waals surface area (Å²) in [6.07, 6.45) is -0.0300. The lowest BCUT2D eigenvalue weighted by atomic mass is 9.86. The maximum absolute atomic E-state index is 14.7. The Labute approximate surface area is 221 Å². The van der Waals surface area contributed by atoms with Gasteiger partial charge in [-0.3, -0.25) is 19.3 Å². The molecule has 0 radical (unpaired) electrons. The van der Waals surface area contributed by atoms with Crippen molar-refractivity contribution >= 4 is 41.3 Å². The molecule has 3 aliphatic rings. The average molecular weight is 538 g/mol. The fourth-order valence-corrected chi connectivity index (χ4v) is 6.17. The maximum Gasteiger partial charge on any atom is 0.343 e. The van der Waals surface area contributed by atoms with Crippen LogP contribution in [0.4, 0.5) is 4.39 Å². The van der Waals surface area contributed by atoms with Crippen LogP contribution >= 0.6 is 12.6 Å². The molecule has 0 saturated carbocycles. The molecular formula is C27H24FN3O6S. The number of hydrogen-bond donors (Lipinski definition) is 2. The van der Waals surface area contributed by atoms with E-state index < -0.39 is 40.1 Å². The lowest BCUT2D eigenvalue weighted by molar-refractivity contribution is -0.172. The first-order chi connectivity index (χ1) is 18.0. The van der Waals surface area contributed by atoms with E-state index >= 15 is 0 Å². The van der Waals surface area contributed by atoms with Gasteiger partial charge in [0.2, 0.25) is 11.8 Å². The molecule has 0 bridgehead atoms. The van der Waals surface area contributed by atoms with E-state index in [0.29, 0.717) is 39.0 Å². The van der Waals surface area contributed by atoms with Crippen molar-refractivity contribution in [2.75, 3.05) is 0 Å². The summed E-state index contributed by atoms with van der Waals surface area (Å²) in [6, 6.07) is 3.75. The van der Waals surface area contributed by atoms with Crippen molar-refractivity contribution in [1.29, 1.82) is 0 Å². The predicted molar refractivity (Wildman–Crippen MR) is 137 cm³/mol. The number of imide groups is 1. The van der Waals surface area contributed by atoms with E-state index in [1.807, 2.05) is 0 Å². The maximum atomic E-state index is 14.7. The Morgan fingerprint density at radius 1 is 1.24 bits per heavy atom. The third-order valence-electron chi connectivity index (χ3n) is 7.98. The number of thiol groups is 1. The fourth-order valence-electron chi connectivity index (χ4n) is 5.89. The molecule has 3 atom stereocenters. The van der Waals surface area contributed by atoms with Crippen molar-refractivity contribution in [3.05, 3.63) is 62.2 Å². The van der Waals surface area contributed by atoms with Gasteiger partial charge in [-0.15, -0.1) is 0 Å². The summed E-state index contributed by atoms with van der Waals surface area (Å²) >= 11 is 4.25. The van der Waals surface area contributed by atoms with Gasteiger partial charge in [0.15, 0.2) is 5.60 Å². The number of carbonyl (C=O) groups excluding carboxylic acids is 3. The van der Waals surface area contributed by atoms with Crippen LogP contribution in [0.3, 0.4) is 0 Å². The van der Waals surface area contributed by atoms with Crippen LogP contribution in [0.2, 0.25) is 0 Å². The van der Waals surface area contributed by atoms with Gasteiger partial charge < -0.3 is 14.4 Å². The van der Waals surface area contributed by atoms with Crippen LogP contribution in [0.15, 0.2) is 23.0 Å². The molecule has 38 heavy (non-hydrogen) atoms. The topological polar surface area (TPSA) is 119 Å². The van der Waals surface area contributed by atoms with Crippen molar-refractivity contribution in [2.24, 2.45) is 0 Å². The van der Waals surface area contributed by atoms with E-state index in [-0.39, 0.29) is 43.0 Å². The molecule has 196 valence electrons. The van der Waals surface area contributed by atoms with Gasteiger partial charge in [-0.05, 0) is 43.5 Å². The minimum absolute atomic E-state index is 0.00339. The number of likely N-dealkylation sites (tertiary alicyclic amines) is 1. The fraction of sp³-hybridized carbons (Fsp3) is 0.370. The van der Waals surface area contributed by atoms with E-state index in [9.17, 15) is 28.7 Å². The van der Waals surface area contributed by atoms with Crippen molar-refractivity contribution in [3.8, 4) is 11.4 Å². The Kier molecular flexibility index (Phi) is 5.35. The molecule has 1 unspecified atom stereocenters. The zero-order valence-corrected chi connectivity index (χ0v) is 21.8. The number of nitrogens with zero attached hydrogens (tertiary/aromatic N) is 3. The Bertz CT molecular complexity index is 1680. The molecular weight excluding hydrogens is 513 g/mol. The molecule has 3 aromatic rings. The molecule has 9 nitrogen and oxygen atoms in total. The van der Waals surface area contributed by atoms with Gasteiger partial charge in [0, 0.05) is 29.0 Å². The predicted octanol–water partition coefficient (Wildman–Crippen LogP) is 2.65. The number of cyclic esters (lactones) is 1. The van der Waals surface area contributed by atoms with E-state index in [4.69, 9.17) is 9.72 Å². The van der Waals surface area contributed by atoms with E-state index in [1.54, 1.807) is 32.9 Å². The van der Waals surface area contributed by atoms with Gasteiger partial charge in [0.25, 0.3) is 5.56 Å². The number of fused-ring (bicyclic) bond motifs is 5. The Morgan fingerprint density at radius 3 is 2.63 bits per heavy atom. The van der Waals surface area contributed by atoms with Gasteiger partial charge in [-0.25, -0.2) is 14.2 Å². The third-order valence-corrected chi connectivity index (χ3v) is 8.38. The number of carbonyl (C=O) groups is 3. The first-order valence-corrected chi connectivity index (χ1v) is 12.8. The van der Waals surface area contributed by atoms with Crippen LogP contribution in [0.25, 0.3) is 22.3 Å². The minimum Gasteiger partial charge on any atom is -0.458 e. The number of benzene rings is 1. The second-order valence-electron chi connectivity index (χ2n) is 10.1. The summed E-state index contributed by atoms with van der Waals surface area (Å²) in [5.41, 5.74) is 0.464. The number of aromatic nitrogens is 2. The monoisotopic (exact) mass is 537 g/mol. The number of ether oxygens (including phenoxy) is 1. The third kappa shape index (κ3) is 3.18. The van der Waals surface area contributed by atoms with Crippen LogP contribution in [-0.4, -0.2) is 42.6 Å². The Hall–Kier alpha value is -3.57. The molecule has 1 saturated heterocycles. The molecule has 1 aromatic carbocycles. The van der Waals surface area contributed by atoms with Crippen LogP contribution in [0.5, 0.6) is 0 Å². The molecule has 6 rings (SSSR count). The number of aryl methyl sites for hydroxylation is 1. The van der Waals surface area contributed by atoms with Gasteiger partial charge in [0.05, 0.1) is 40.3 Å². The van der Waals surface area contributed by atoms with Crippen molar-refractivity contribution in [3.63, 3.8) is 0 Å². The minimum atomic E-state index is -1.99. The number of halogens is 1. The van der Waals surface area contributed by atoms with E-state index in [1.165, 1.54) is 15.5 Å². The summed E-state index contributed by atoms with van der Waals surface area (Å²) < 4.78 is 21.3. The highest BCUT2D eigenvalue weighted by atomic mass is 32.1. The number of esters is 1. The Morgan fingerprint density at radius 2 is 1.97 bits per heavy atom. The SMILES string of the molecule is CC[C@@]1(O)C(=O)OCc2c1cc1n(c2=O)Cc2c-1nc1cc(F)c(C)cc1c2[C@@H](C)N1C(=O)CC(S)C1=O. The van der Waals surface area contributed by atoms with Gasteiger partial charge in [-0.1, -0.05) is 6.92 Å². The van der Waals surface area contributed by atoms with Crippen LogP contribution in [0.1, 0.15) is 60.5 Å². The quantitative estimate of drug-likeness (QED) is 0.234. The van der Waals surface area contributed by atoms with E-state index in [0.717, 1.165) is 0 Å². The first kappa shape index (κ1) is 24.7. The van der Waals surface area contributed by atoms with Gasteiger partial charge >= 0.3 is 5.97 Å². The van der Waals surface area contributed by atoms with Crippen LogP contribution < -0.4 is 5.56 Å². The molecule has 11 heteroatoms. The summed E-state index contributed by atoms with van der Waals surface area (Å²) in [4.78, 5) is 57.7. The lowest BCUT2D eigenvalue weighted by Crippen LogP contribution is -2.44.